The Labute approximate surface area is 192 Å². The van der Waals surface area contributed by atoms with Gasteiger partial charge in [-0.2, -0.15) is 0 Å². The van der Waals surface area contributed by atoms with Gasteiger partial charge in [-0.1, -0.05) is 12.1 Å². The first-order valence-electron chi connectivity index (χ1n) is 10.1. The SMILES string of the molecule is CC(C(=O)Nc1nc(-c2ccc3c(c2)N(C)C(=O)CO3)cs1)N1C(=O)c2ccccc2C1=O. The van der Waals surface area contributed by atoms with Gasteiger partial charge in [0.15, 0.2) is 11.7 Å². The van der Waals surface area contributed by atoms with Crippen LogP contribution in [0.4, 0.5) is 10.8 Å². The number of aromatic nitrogens is 1. The number of amides is 4. The molecule has 1 aromatic heterocycles. The number of ether oxygens (including phenoxy) is 1. The zero-order chi connectivity index (χ0) is 23.3. The number of carbonyl (C=O) groups excluding carboxylic acids is 4. The Hall–Kier alpha value is -4.05. The molecule has 1 atom stereocenters. The molecule has 33 heavy (non-hydrogen) atoms. The largest absolute Gasteiger partial charge is 0.482 e. The first-order chi connectivity index (χ1) is 15.8. The smallest absolute Gasteiger partial charge is 0.264 e. The van der Waals surface area contributed by atoms with E-state index in [-0.39, 0.29) is 12.5 Å². The van der Waals surface area contributed by atoms with Gasteiger partial charge in [0.25, 0.3) is 17.7 Å². The zero-order valence-corrected chi connectivity index (χ0v) is 18.5. The van der Waals surface area contributed by atoms with Crippen LogP contribution in [0.3, 0.4) is 0 Å². The molecule has 0 saturated heterocycles. The molecule has 0 aliphatic carbocycles. The zero-order valence-electron chi connectivity index (χ0n) is 17.7. The number of nitrogens with one attached hydrogen (secondary N) is 1. The molecule has 2 aliphatic rings. The minimum atomic E-state index is -1.01. The van der Waals surface area contributed by atoms with E-state index in [0.717, 1.165) is 10.5 Å². The fourth-order valence-corrected chi connectivity index (χ4v) is 4.50. The van der Waals surface area contributed by atoms with Gasteiger partial charge in [-0.15, -0.1) is 11.3 Å². The molecule has 2 aromatic carbocycles. The van der Waals surface area contributed by atoms with Gasteiger partial charge in [-0.25, -0.2) is 4.98 Å². The van der Waals surface area contributed by atoms with Gasteiger partial charge in [-0.3, -0.25) is 24.1 Å². The molecule has 3 aromatic rings. The number of imide groups is 1. The monoisotopic (exact) mass is 462 g/mol. The van der Waals surface area contributed by atoms with Crippen molar-refractivity contribution in [2.45, 2.75) is 13.0 Å². The second-order valence-corrected chi connectivity index (χ2v) is 8.51. The lowest BCUT2D eigenvalue weighted by molar-refractivity contribution is -0.121. The van der Waals surface area contributed by atoms with Crippen molar-refractivity contribution < 1.29 is 23.9 Å². The van der Waals surface area contributed by atoms with Gasteiger partial charge in [0.2, 0.25) is 5.91 Å². The Morgan fingerprint density at radius 2 is 1.82 bits per heavy atom. The number of hydrogen-bond donors (Lipinski definition) is 1. The van der Waals surface area contributed by atoms with Crippen molar-refractivity contribution in [2.24, 2.45) is 0 Å². The summed E-state index contributed by atoms with van der Waals surface area (Å²) in [7, 11) is 1.68. The molecule has 3 heterocycles. The standard InChI is InChI=1S/C23H18N4O5S/c1-12(27-21(30)14-5-3-4-6-15(14)22(27)31)20(29)25-23-24-16(11-33-23)13-7-8-18-17(9-13)26(2)19(28)10-32-18/h3-9,11-12H,10H2,1-2H3,(H,24,25,29). The summed E-state index contributed by atoms with van der Waals surface area (Å²) < 4.78 is 5.44. The molecule has 0 saturated carbocycles. The van der Waals surface area contributed by atoms with Crippen molar-refractivity contribution in [3.63, 3.8) is 0 Å². The first kappa shape index (κ1) is 20.8. The number of anilines is 2. The van der Waals surface area contributed by atoms with E-state index in [0.29, 0.717) is 33.4 Å². The summed E-state index contributed by atoms with van der Waals surface area (Å²) in [6.45, 7) is 1.50. The fourth-order valence-electron chi connectivity index (χ4n) is 3.78. The Balaban J connectivity index is 1.33. The quantitative estimate of drug-likeness (QED) is 0.598. The Morgan fingerprint density at radius 1 is 1.12 bits per heavy atom. The summed E-state index contributed by atoms with van der Waals surface area (Å²) >= 11 is 1.22. The third-order valence-corrected chi connectivity index (χ3v) is 6.43. The number of nitrogens with zero attached hydrogens (tertiary/aromatic N) is 3. The van der Waals surface area contributed by atoms with Crippen LogP contribution in [0.5, 0.6) is 5.75 Å². The molecule has 2 aliphatic heterocycles. The van der Waals surface area contributed by atoms with Crippen molar-refractivity contribution in [1.29, 1.82) is 0 Å². The number of thiazole rings is 1. The van der Waals surface area contributed by atoms with Crippen LogP contribution in [0.15, 0.2) is 47.8 Å². The lowest BCUT2D eigenvalue weighted by Crippen LogP contribution is -2.45. The average Bonchev–Trinajstić information content (AvgIpc) is 3.38. The summed E-state index contributed by atoms with van der Waals surface area (Å²) in [6.07, 6.45) is 0. The summed E-state index contributed by atoms with van der Waals surface area (Å²) in [5, 5.41) is 4.79. The predicted octanol–water partition coefficient (Wildman–Crippen LogP) is 2.79. The average molecular weight is 462 g/mol. The molecular formula is C23H18N4O5S. The highest BCUT2D eigenvalue weighted by Crippen LogP contribution is 2.36. The molecule has 5 rings (SSSR count). The fraction of sp³-hybridized carbons (Fsp3) is 0.174. The van der Waals surface area contributed by atoms with Gasteiger partial charge < -0.3 is 15.0 Å². The highest BCUT2D eigenvalue weighted by atomic mass is 32.1. The minimum Gasteiger partial charge on any atom is -0.482 e. The number of likely N-dealkylation sites (N-methyl/N-ethyl adjacent to an activating group) is 1. The molecule has 1 N–H and O–H groups in total. The van der Waals surface area contributed by atoms with Crippen molar-refractivity contribution in [3.8, 4) is 17.0 Å². The van der Waals surface area contributed by atoms with Crippen molar-refractivity contribution in [1.82, 2.24) is 9.88 Å². The number of hydrogen-bond acceptors (Lipinski definition) is 7. The molecule has 0 bridgehead atoms. The van der Waals surface area contributed by atoms with Gasteiger partial charge in [0.05, 0.1) is 22.5 Å². The minimum absolute atomic E-state index is 0.00101. The molecule has 1 unspecified atom stereocenters. The van der Waals surface area contributed by atoms with Crippen LogP contribution < -0.4 is 15.0 Å². The second-order valence-electron chi connectivity index (χ2n) is 7.65. The third-order valence-electron chi connectivity index (χ3n) is 5.67. The maximum atomic E-state index is 12.8. The van der Waals surface area contributed by atoms with E-state index in [1.165, 1.54) is 23.2 Å². The maximum Gasteiger partial charge on any atom is 0.264 e. The van der Waals surface area contributed by atoms with E-state index in [2.05, 4.69) is 10.3 Å². The van der Waals surface area contributed by atoms with Gasteiger partial charge in [0, 0.05) is 18.0 Å². The van der Waals surface area contributed by atoms with Crippen molar-refractivity contribution in [2.75, 3.05) is 23.9 Å². The van der Waals surface area contributed by atoms with Crippen molar-refractivity contribution in [3.05, 3.63) is 59.0 Å². The van der Waals surface area contributed by atoms with Crippen LogP contribution in [0.25, 0.3) is 11.3 Å². The first-order valence-corrected chi connectivity index (χ1v) is 11.0. The van der Waals surface area contributed by atoms with Gasteiger partial charge in [0.1, 0.15) is 11.8 Å². The lowest BCUT2D eigenvalue weighted by atomic mass is 10.1. The maximum absolute atomic E-state index is 12.8. The Morgan fingerprint density at radius 3 is 2.52 bits per heavy atom. The molecule has 10 heteroatoms. The second kappa shape index (κ2) is 7.82. The Bertz CT molecular complexity index is 1300. The summed E-state index contributed by atoms with van der Waals surface area (Å²) in [4.78, 5) is 56.9. The highest BCUT2D eigenvalue weighted by molar-refractivity contribution is 7.14. The van der Waals surface area contributed by atoms with Crippen LogP contribution >= 0.6 is 11.3 Å². The van der Waals surface area contributed by atoms with E-state index in [1.807, 2.05) is 6.07 Å². The lowest BCUT2D eigenvalue weighted by Gasteiger charge is -2.26. The molecule has 0 spiro atoms. The topological polar surface area (TPSA) is 109 Å². The number of carbonyl (C=O) groups is 4. The number of benzene rings is 2. The normalized spacial score (nSPS) is 15.8. The Kier molecular flexibility index (Phi) is 4.94. The van der Waals surface area contributed by atoms with Crippen LogP contribution in [-0.2, 0) is 9.59 Å². The van der Waals surface area contributed by atoms with E-state index in [4.69, 9.17) is 4.74 Å². The van der Waals surface area contributed by atoms with E-state index in [9.17, 15) is 19.2 Å². The highest BCUT2D eigenvalue weighted by Gasteiger charge is 2.40. The summed E-state index contributed by atoms with van der Waals surface area (Å²) in [5.74, 6) is -1.04. The van der Waals surface area contributed by atoms with Crippen LogP contribution in [0.2, 0.25) is 0 Å². The summed E-state index contributed by atoms with van der Waals surface area (Å²) in [5.41, 5.74) is 2.58. The van der Waals surface area contributed by atoms with Gasteiger partial charge >= 0.3 is 0 Å². The molecular weight excluding hydrogens is 444 g/mol. The third kappa shape index (κ3) is 3.44. The van der Waals surface area contributed by atoms with Crippen LogP contribution in [-0.4, -0.2) is 53.2 Å². The van der Waals surface area contributed by atoms with E-state index in [1.54, 1.807) is 48.8 Å². The molecule has 0 radical (unpaired) electrons. The molecule has 9 nitrogen and oxygen atoms in total. The van der Waals surface area contributed by atoms with E-state index >= 15 is 0 Å². The van der Waals surface area contributed by atoms with E-state index < -0.39 is 23.8 Å². The van der Waals surface area contributed by atoms with Gasteiger partial charge in [-0.05, 0) is 37.3 Å². The predicted molar refractivity (Wildman–Crippen MR) is 121 cm³/mol. The van der Waals surface area contributed by atoms with Crippen molar-refractivity contribution >= 4 is 45.8 Å². The molecule has 0 fully saturated rings. The van der Waals surface area contributed by atoms with Crippen LogP contribution in [0, 0.1) is 0 Å². The number of fused-ring (bicyclic) bond motifs is 2. The summed E-state index contributed by atoms with van der Waals surface area (Å²) in [6, 6.07) is 10.9. The number of rotatable bonds is 4. The molecule has 166 valence electrons. The van der Waals surface area contributed by atoms with Crippen LogP contribution in [0.1, 0.15) is 27.6 Å². The molecule has 4 amide bonds.